The average molecular weight is 552 g/mol. The maximum atomic E-state index is 12.6. The van der Waals surface area contributed by atoms with E-state index in [0.717, 1.165) is 11.3 Å². The van der Waals surface area contributed by atoms with E-state index in [1.54, 1.807) is 45.6 Å². The molecule has 0 saturated carbocycles. The Hall–Kier alpha value is -4.02. The van der Waals surface area contributed by atoms with E-state index in [0.29, 0.717) is 44.5 Å². The van der Waals surface area contributed by atoms with Gasteiger partial charge in [-0.15, -0.1) is 10.2 Å². The van der Waals surface area contributed by atoms with Crippen LogP contribution in [0.1, 0.15) is 12.5 Å². The molecule has 9 nitrogen and oxygen atoms in total. The number of rotatable bonds is 10. The molecular weight excluding hydrogens is 526 g/mol. The Balaban J connectivity index is 1.60. The molecule has 1 aromatic heterocycles. The third-order valence-electron chi connectivity index (χ3n) is 5.51. The zero-order valence-corrected chi connectivity index (χ0v) is 22.8. The Morgan fingerprint density at radius 2 is 1.63 bits per heavy atom. The van der Waals surface area contributed by atoms with E-state index in [4.69, 9.17) is 25.8 Å². The van der Waals surface area contributed by atoms with Crippen molar-refractivity contribution < 1.29 is 19.0 Å². The molecule has 1 N–H and O–H groups in total. The number of hydrazone groups is 1. The maximum Gasteiger partial charge on any atom is 0.250 e. The lowest BCUT2D eigenvalue weighted by atomic mass is 10.1. The van der Waals surface area contributed by atoms with Crippen LogP contribution in [0.15, 0.2) is 77.0 Å². The number of hydrogen-bond donors (Lipinski definition) is 1. The number of methoxy groups -OCH3 is 3. The van der Waals surface area contributed by atoms with Crippen molar-refractivity contribution in [2.45, 2.75) is 12.1 Å². The molecule has 0 radical (unpaired) electrons. The van der Waals surface area contributed by atoms with Crippen molar-refractivity contribution in [2.75, 3.05) is 27.1 Å². The number of carbonyl (C=O) groups excluding carboxylic acids is 1. The topological polar surface area (TPSA) is 99.9 Å². The van der Waals surface area contributed by atoms with Crippen molar-refractivity contribution in [1.29, 1.82) is 0 Å². The summed E-state index contributed by atoms with van der Waals surface area (Å²) in [5, 5.41) is 14.2. The van der Waals surface area contributed by atoms with E-state index in [1.165, 1.54) is 11.8 Å². The van der Waals surface area contributed by atoms with Gasteiger partial charge >= 0.3 is 0 Å². The van der Waals surface area contributed by atoms with Crippen LogP contribution < -0.4 is 19.6 Å². The number of nitrogens with one attached hydrogen (secondary N) is 1. The van der Waals surface area contributed by atoms with Crippen molar-refractivity contribution in [3.05, 3.63) is 77.3 Å². The summed E-state index contributed by atoms with van der Waals surface area (Å²) < 4.78 is 18.4. The van der Waals surface area contributed by atoms with Crippen LogP contribution >= 0.6 is 23.4 Å². The van der Waals surface area contributed by atoms with Gasteiger partial charge in [0.15, 0.2) is 22.5 Å². The summed E-state index contributed by atoms with van der Waals surface area (Å²) in [6.45, 7) is 1.81. The first kappa shape index (κ1) is 27.0. The molecule has 0 saturated heterocycles. The Kier molecular flexibility index (Phi) is 8.88. The predicted molar refractivity (Wildman–Crippen MR) is 149 cm³/mol. The van der Waals surface area contributed by atoms with Crippen molar-refractivity contribution in [2.24, 2.45) is 5.10 Å². The van der Waals surface area contributed by atoms with Gasteiger partial charge in [0.2, 0.25) is 5.75 Å². The van der Waals surface area contributed by atoms with Gasteiger partial charge in [-0.25, -0.2) is 5.43 Å². The van der Waals surface area contributed by atoms with Gasteiger partial charge in [0.05, 0.1) is 32.8 Å². The molecule has 0 aliphatic heterocycles. The molecule has 4 rings (SSSR count). The number of carbonyl (C=O) groups is 1. The highest BCUT2D eigenvalue weighted by Crippen LogP contribution is 2.41. The number of halogens is 1. The van der Waals surface area contributed by atoms with Crippen LogP contribution in [0.5, 0.6) is 17.2 Å². The standard InChI is InChI=1S/C27H26ClN5O4S/c1-17(18-10-12-20(28)13-11-18)29-30-24(34)16-38-27-32-31-26(33(27)21-8-6-5-7-9-21)19-14-22(35-2)25(37-4)23(15-19)36-3/h5-15H,16H2,1-4H3,(H,30,34). The van der Waals surface area contributed by atoms with Crippen LogP contribution in [-0.2, 0) is 4.79 Å². The summed E-state index contributed by atoms with van der Waals surface area (Å²) in [4.78, 5) is 12.6. The molecule has 0 aliphatic rings. The molecule has 4 aromatic rings. The molecule has 0 bridgehead atoms. The quantitative estimate of drug-likeness (QED) is 0.163. The normalized spacial score (nSPS) is 11.2. The molecular formula is C27H26ClN5O4S. The number of nitrogens with zero attached hydrogens (tertiary/aromatic N) is 4. The Labute approximate surface area is 229 Å². The second-order valence-electron chi connectivity index (χ2n) is 7.92. The van der Waals surface area contributed by atoms with Gasteiger partial charge in [0.25, 0.3) is 5.91 Å². The molecule has 1 heterocycles. The summed E-state index contributed by atoms with van der Waals surface area (Å²) in [6, 6.07) is 20.5. The molecule has 0 spiro atoms. The predicted octanol–water partition coefficient (Wildman–Crippen LogP) is 5.25. The van der Waals surface area contributed by atoms with Gasteiger partial charge in [-0.05, 0) is 48.9 Å². The number of aromatic nitrogens is 3. The second-order valence-corrected chi connectivity index (χ2v) is 9.30. The fraction of sp³-hybridized carbons (Fsp3) is 0.185. The average Bonchev–Trinajstić information content (AvgIpc) is 3.38. The minimum absolute atomic E-state index is 0.0810. The number of thioether (sulfide) groups is 1. The van der Waals surface area contributed by atoms with Crippen molar-refractivity contribution in [1.82, 2.24) is 20.2 Å². The zero-order chi connectivity index (χ0) is 27.1. The van der Waals surface area contributed by atoms with E-state index in [1.807, 2.05) is 54.0 Å². The smallest absolute Gasteiger partial charge is 0.250 e. The van der Waals surface area contributed by atoms with Gasteiger partial charge in [-0.3, -0.25) is 9.36 Å². The molecule has 1 amide bonds. The van der Waals surface area contributed by atoms with E-state index < -0.39 is 0 Å². The first-order valence-electron chi connectivity index (χ1n) is 11.5. The lowest BCUT2D eigenvalue weighted by Gasteiger charge is -2.15. The minimum Gasteiger partial charge on any atom is -0.493 e. The van der Waals surface area contributed by atoms with Crippen LogP contribution in [0.4, 0.5) is 0 Å². The summed E-state index contributed by atoms with van der Waals surface area (Å²) in [7, 11) is 4.66. The number of para-hydroxylation sites is 1. The van der Waals surface area contributed by atoms with Gasteiger partial charge in [0.1, 0.15) is 0 Å². The van der Waals surface area contributed by atoms with Gasteiger partial charge in [-0.2, -0.15) is 5.10 Å². The van der Waals surface area contributed by atoms with Crippen LogP contribution in [0, 0.1) is 0 Å². The number of ether oxygens (including phenoxy) is 3. The second kappa shape index (κ2) is 12.5. The molecule has 0 fully saturated rings. The molecule has 196 valence electrons. The van der Waals surface area contributed by atoms with Gasteiger partial charge in [-0.1, -0.05) is 53.7 Å². The third-order valence-corrected chi connectivity index (χ3v) is 6.69. The molecule has 0 atom stereocenters. The van der Waals surface area contributed by atoms with Crippen molar-refractivity contribution in [3.63, 3.8) is 0 Å². The SMILES string of the molecule is COc1cc(-c2nnc(SCC(=O)NN=C(C)c3ccc(Cl)cc3)n2-c2ccccc2)cc(OC)c1OC. The van der Waals surface area contributed by atoms with Crippen LogP contribution in [-0.4, -0.2) is 53.5 Å². The molecule has 0 aliphatic carbocycles. The number of hydrogen-bond acceptors (Lipinski definition) is 8. The maximum absolute atomic E-state index is 12.6. The lowest BCUT2D eigenvalue weighted by Crippen LogP contribution is -2.21. The number of benzene rings is 3. The van der Waals surface area contributed by atoms with Crippen molar-refractivity contribution >= 4 is 35.0 Å². The van der Waals surface area contributed by atoms with Crippen molar-refractivity contribution in [3.8, 4) is 34.3 Å². The summed E-state index contributed by atoms with van der Waals surface area (Å²) in [5.41, 5.74) is 5.66. The fourth-order valence-corrected chi connectivity index (χ4v) is 4.50. The zero-order valence-electron chi connectivity index (χ0n) is 21.3. The number of amides is 1. The van der Waals surface area contributed by atoms with Crippen LogP contribution in [0.3, 0.4) is 0 Å². The first-order chi connectivity index (χ1) is 18.4. The Morgan fingerprint density at radius 3 is 2.24 bits per heavy atom. The van der Waals surface area contributed by atoms with Gasteiger partial charge < -0.3 is 14.2 Å². The lowest BCUT2D eigenvalue weighted by molar-refractivity contribution is -0.118. The van der Waals surface area contributed by atoms with Gasteiger partial charge in [0, 0.05) is 16.3 Å². The molecule has 38 heavy (non-hydrogen) atoms. The summed E-state index contributed by atoms with van der Waals surface area (Å²) >= 11 is 7.19. The first-order valence-corrected chi connectivity index (χ1v) is 12.8. The Morgan fingerprint density at radius 1 is 0.974 bits per heavy atom. The molecule has 3 aromatic carbocycles. The highest BCUT2D eigenvalue weighted by atomic mass is 35.5. The largest absolute Gasteiger partial charge is 0.493 e. The van der Waals surface area contributed by atoms with Crippen LogP contribution in [0.2, 0.25) is 5.02 Å². The van der Waals surface area contributed by atoms with Crippen LogP contribution in [0.25, 0.3) is 17.1 Å². The molecule has 0 unspecified atom stereocenters. The summed E-state index contributed by atoms with van der Waals surface area (Å²) in [6.07, 6.45) is 0. The third kappa shape index (κ3) is 6.09. The minimum atomic E-state index is -0.278. The monoisotopic (exact) mass is 551 g/mol. The summed E-state index contributed by atoms with van der Waals surface area (Å²) in [5.74, 6) is 1.82. The van der Waals surface area contributed by atoms with E-state index in [-0.39, 0.29) is 11.7 Å². The fourth-order valence-electron chi connectivity index (χ4n) is 3.63. The highest BCUT2D eigenvalue weighted by molar-refractivity contribution is 7.99. The highest BCUT2D eigenvalue weighted by Gasteiger charge is 2.21. The van der Waals surface area contributed by atoms with E-state index in [2.05, 4.69) is 20.7 Å². The Bertz CT molecular complexity index is 1420. The van der Waals surface area contributed by atoms with E-state index in [9.17, 15) is 4.79 Å². The van der Waals surface area contributed by atoms with E-state index >= 15 is 0 Å². The molecule has 11 heteroatoms.